The van der Waals surface area contributed by atoms with E-state index in [1.165, 1.54) is 25.7 Å². The molecule has 1 aromatic rings. The molecular weight excluding hydrogens is 348 g/mol. The van der Waals surface area contributed by atoms with Crippen LogP contribution in [0.15, 0.2) is 18.2 Å². The van der Waals surface area contributed by atoms with Crippen LogP contribution in [0.25, 0.3) is 0 Å². The molecule has 0 radical (unpaired) electrons. The zero-order valence-corrected chi connectivity index (χ0v) is 16.7. The van der Waals surface area contributed by atoms with E-state index in [4.69, 9.17) is 9.47 Å². The third-order valence-corrected chi connectivity index (χ3v) is 6.22. The van der Waals surface area contributed by atoms with Crippen LogP contribution in [0.1, 0.15) is 50.5 Å². The van der Waals surface area contributed by atoms with E-state index < -0.39 is 0 Å². The van der Waals surface area contributed by atoms with Crippen molar-refractivity contribution in [2.24, 2.45) is 0 Å². The first-order valence-electron chi connectivity index (χ1n) is 9.76. The Morgan fingerprint density at radius 2 is 1.85 bits per heavy atom. The summed E-state index contributed by atoms with van der Waals surface area (Å²) in [6, 6.07) is 6.04. The number of hydrogen-bond acceptors (Lipinski definition) is 5. The minimum absolute atomic E-state index is 0.0798. The number of rotatable bonds is 10. The molecule has 1 amide bonds. The van der Waals surface area contributed by atoms with Crippen LogP contribution in [0.4, 0.5) is 0 Å². The van der Waals surface area contributed by atoms with Crippen molar-refractivity contribution in [1.82, 2.24) is 9.80 Å². The molecular formula is C20H30N2O3S. The molecule has 0 saturated carbocycles. The second-order valence-corrected chi connectivity index (χ2v) is 7.98. The Kier molecular flexibility index (Phi) is 7.08. The number of fused-ring (bicyclic) bond motifs is 1. The van der Waals surface area contributed by atoms with Crippen LogP contribution in [0.5, 0.6) is 11.5 Å². The summed E-state index contributed by atoms with van der Waals surface area (Å²) in [6.45, 7) is 8.73. The van der Waals surface area contributed by atoms with Gasteiger partial charge in [-0.2, -0.15) is 0 Å². The number of carbonyl (C=O) groups is 1. The third kappa shape index (κ3) is 4.65. The van der Waals surface area contributed by atoms with Gasteiger partial charge in [0.1, 0.15) is 5.37 Å². The van der Waals surface area contributed by atoms with E-state index in [9.17, 15) is 4.79 Å². The lowest BCUT2D eigenvalue weighted by molar-refractivity contribution is -0.128. The minimum Gasteiger partial charge on any atom is -0.454 e. The number of unbranched alkanes of at least 4 members (excludes halogenated alkanes) is 2. The van der Waals surface area contributed by atoms with Crippen LogP contribution in [0.2, 0.25) is 0 Å². The van der Waals surface area contributed by atoms with E-state index in [2.05, 4.69) is 24.8 Å². The Morgan fingerprint density at radius 3 is 2.58 bits per heavy atom. The van der Waals surface area contributed by atoms with E-state index in [-0.39, 0.29) is 18.1 Å². The molecule has 0 N–H and O–H groups in total. The van der Waals surface area contributed by atoms with E-state index in [1.54, 1.807) is 11.8 Å². The topological polar surface area (TPSA) is 42.0 Å². The molecule has 1 unspecified atom stereocenters. The fourth-order valence-electron chi connectivity index (χ4n) is 3.39. The first-order valence-corrected chi connectivity index (χ1v) is 10.8. The van der Waals surface area contributed by atoms with Gasteiger partial charge in [-0.15, -0.1) is 11.8 Å². The van der Waals surface area contributed by atoms with Crippen molar-refractivity contribution in [1.29, 1.82) is 0 Å². The molecule has 0 spiro atoms. The molecule has 2 heterocycles. The summed E-state index contributed by atoms with van der Waals surface area (Å²) in [6.07, 6.45) is 4.86. The normalized spacial score (nSPS) is 19.0. The van der Waals surface area contributed by atoms with Gasteiger partial charge in [-0.05, 0) is 43.6 Å². The van der Waals surface area contributed by atoms with Crippen LogP contribution in [-0.4, -0.2) is 54.4 Å². The number of nitrogens with zero attached hydrogens (tertiary/aromatic N) is 2. The van der Waals surface area contributed by atoms with Crippen molar-refractivity contribution in [3.05, 3.63) is 23.8 Å². The Bertz CT molecular complexity index is 603. The first-order chi connectivity index (χ1) is 12.7. The number of hydrogen-bond donors (Lipinski definition) is 0. The van der Waals surface area contributed by atoms with Crippen molar-refractivity contribution in [2.45, 2.75) is 44.9 Å². The second kappa shape index (κ2) is 9.51. The summed E-state index contributed by atoms with van der Waals surface area (Å²) in [7, 11) is 0. The summed E-state index contributed by atoms with van der Waals surface area (Å²) in [5.41, 5.74) is 1.12. The van der Waals surface area contributed by atoms with Gasteiger partial charge < -0.3 is 19.3 Å². The van der Waals surface area contributed by atoms with Crippen LogP contribution in [-0.2, 0) is 4.79 Å². The maximum atomic E-state index is 12.5. The lowest BCUT2D eigenvalue weighted by Gasteiger charge is -2.28. The fraction of sp³-hybridized carbons (Fsp3) is 0.650. The Labute approximate surface area is 161 Å². The third-order valence-electron chi connectivity index (χ3n) is 4.96. The van der Waals surface area contributed by atoms with Crippen LogP contribution < -0.4 is 9.47 Å². The first kappa shape index (κ1) is 19.4. The Morgan fingerprint density at radius 1 is 1.12 bits per heavy atom. The predicted molar refractivity (Wildman–Crippen MR) is 106 cm³/mol. The summed E-state index contributed by atoms with van der Waals surface area (Å²) in [5.74, 6) is 2.38. The molecule has 5 nitrogen and oxygen atoms in total. The van der Waals surface area contributed by atoms with Crippen molar-refractivity contribution in [3.8, 4) is 11.5 Å². The average molecular weight is 379 g/mol. The number of ether oxygens (including phenoxy) is 2. The largest absolute Gasteiger partial charge is 0.454 e. The highest BCUT2D eigenvalue weighted by molar-refractivity contribution is 8.00. The lowest BCUT2D eigenvalue weighted by atomic mass is 10.2. The molecule has 6 heteroatoms. The maximum absolute atomic E-state index is 12.5. The molecule has 0 aliphatic carbocycles. The van der Waals surface area contributed by atoms with Gasteiger partial charge in [0.05, 0.1) is 5.75 Å². The molecule has 0 bridgehead atoms. The number of carbonyl (C=O) groups excluding carboxylic acids is 1. The van der Waals surface area contributed by atoms with E-state index in [0.717, 1.165) is 43.2 Å². The van der Waals surface area contributed by atoms with Crippen molar-refractivity contribution < 1.29 is 14.3 Å². The summed E-state index contributed by atoms with van der Waals surface area (Å²) < 4.78 is 10.9. The number of benzene rings is 1. The Balaban J connectivity index is 1.63. The highest BCUT2D eigenvalue weighted by Crippen LogP contribution is 2.42. The fourth-order valence-corrected chi connectivity index (χ4v) is 4.60. The van der Waals surface area contributed by atoms with Crippen LogP contribution >= 0.6 is 11.8 Å². The smallest absolute Gasteiger partial charge is 0.233 e. The summed E-state index contributed by atoms with van der Waals surface area (Å²) in [5, 5.41) is 0.0798. The zero-order valence-electron chi connectivity index (χ0n) is 15.9. The highest BCUT2D eigenvalue weighted by Gasteiger charge is 2.33. The predicted octanol–water partition coefficient (Wildman–Crippen LogP) is 3.89. The molecule has 1 aromatic carbocycles. The van der Waals surface area contributed by atoms with Gasteiger partial charge in [0.25, 0.3) is 0 Å². The van der Waals surface area contributed by atoms with Crippen molar-refractivity contribution in [2.75, 3.05) is 38.7 Å². The van der Waals surface area contributed by atoms with E-state index in [0.29, 0.717) is 5.75 Å². The van der Waals surface area contributed by atoms with Gasteiger partial charge >= 0.3 is 0 Å². The molecule has 1 atom stereocenters. The van der Waals surface area contributed by atoms with Gasteiger partial charge in [0.2, 0.25) is 12.7 Å². The standard InChI is InChI=1S/C20H30N2O3S/c1-3-5-9-21(10-6-4-2)11-12-22-19(23)14-26-20(22)16-7-8-17-18(13-16)25-15-24-17/h7-8,13,20H,3-6,9-12,14-15H2,1-2H3. The quantitative estimate of drug-likeness (QED) is 0.618. The van der Waals surface area contributed by atoms with Gasteiger partial charge in [0.15, 0.2) is 11.5 Å². The average Bonchev–Trinajstić information content (AvgIpc) is 3.27. The molecule has 3 rings (SSSR count). The van der Waals surface area contributed by atoms with Gasteiger partial charge in [-0.1, -0.05) is 32.8 Å². The van der Waals surface area contributed by atoms with Gasteiger partial charge in [0, 0.05) is 13.1 Å². The highest BCUT2D eigenvalue weighted by atomic mass is 32.2. The van der Waals surface area contributed by atoms with Crippen molar-refractivity contribution in [3.63, 3.8) is 0 Å². The number of thioether (sulfide) groups is 1. The van der Waals surface area contributed by atoms with Gasteiger partial charge in [-0.25, -0.2) is 0 Å². The molecule has 26 heavy (non-hydrogen) atoms. The second-order valence-electron chi connectivity index (χ2n) is 6.91. The maximum Gasteiger partial charge on any atom is 0.233 e. The zero-order chi connectivity index (χ0) is 18.4. The minimum atomic E-state index is 0.0798. The molecule has 2 aliphatic rings. The van der Waals surface area contributed by atoms with Crippen molar-refractivity contribution >= 4 is 17.7 Å². The SMILES string of the molecule is CCCCN(CCCC)CCN1C(=O)CSC1c1ccc2c(c1)OCO2. The summed E-state index contributed by atoms with van der Waals surface area (Å²) >= 11 is 1.71. The van der Waals surface area contributed by atoms with Crippen LogP contribution in [0.3, 0.4) is 0 Å². The number of amides is 1. The Hall–Kier alpha value is -1.40. The molecule has 1 fully saturated rings. The van der Waals surface area contributed by atoms with E-state index in [1.807, 2.05) is 17.0 Å². The molecule has 144 valence electrons. The van der Waals surface area contributed by atoms with E-state index >= 15 is 0 Å². The monoisotopic (exact) mass is 378 g/mol. The lowest BCUT2D eigenvalue weighted by Crippen LogP contribution is -2.38. The molecule has 1 saturated heterocycles. The summed E-state index contributed by atoms with van der Waals surface area (Å²) in [4.78, 5) is 17.0. The molecule has 0 aromatic heterocycles. The molecule has 2 aliphatic heterocycles. The van der Waals surface area contributed by atoms with Crippen LogP contribution in [0, 0.1) is 0 Å². The van der Waals surface area contributed by atoms with Gasteiger partial charge in [-0.3, -0.25) is 4.79 Å².